The summed E-state index contributed by atoms with van der Waals surface area (Å²) in [6, 6.07) is 5.23. The smallest absolute Gasteiger partial charge is 0.276 e. The molecule has 28 heavy (non-hydrogen) atoms. The van der Waals surface area contributed by atoms with Gasteiger partial charge in [-0.05, 0) is 31.4 Å². The van der Waals surface area contributed by atoms with E-state index >= 15 is 0 Å². The van der Waals surface area contributed by atoms with Gasteiger partial charge in [0.25, 0.3) is 5.91 Å². The van der Waals surface area contributed by atoms with E-state index in [9.17, 15) is 9.59 Å². The van der Waals surface area contributed by atoms with Crippen LogP contribution >= 0.6 is 24.8 Å². The average molecular weight is 430 g/mol. The Morgan fingerprint density at radius 2 is 2.14 bits per heavy atom. The molecule has 3 N–H and O–H groups in total. The number of nitrogens with zero attached hydrogens (tertiary/aromatic N) is 3. The number of amides is 2. The van der Waals surface area contributed by atoms with Gasteiger partial charge in [-0.2, -0.15) is 0 Å². The molecule has 10 heteroatoms. The molecule has 1 fully saturated rings. The molecule has 3 heterocycles. The number of hydrogen-bond donors (Lipinski definition) is 2. The van der Waals surface area contributed by atoms with Gasteiger partial charge in [0, 0.05) is 56.1 Å². The molecule has 8 nitrogen and oxygen atoms in total. The van der Waals surface area contributed by atoms with E-state index in [0.717, 1.165) is 24.8 Å². The summed E-state index contributed by atoms with van der Waals surface area (Å²) < 4.78 is 5.31. The van der Waals surface area contributed by atoms with Crippen LogP contribution in [0.25, 0.3) is 11.3 Å². The highest BCUT2D eigenvalue weighted by Gasteiger charge is 2.29. The Balaban J connectivity index is 0.00000196. The summed E-state index contributed by atoms with van der Waals surface area (Å²) >= 11 is 0. The first kappa shape index (κ1) is 23.9. The van der Waals surface area contributed by atoms with Crippen LogP contribution in [0.4, 0.5) is 0 Å². The second kappa shape index (κ2) is 11.6. The minimum Gasteiger partial charge on any atom is -0.355 e. The number of nitrogens with one attached hydrogen (secondary N) is 1. The highest BCUT2D eigenvalue weighted by Crippen LogP contribution is 2.23. The molecule has 2 amide bonds. The molecule has 0 aliphatic carbocycles. The number of likely N-dealkylation sites (tertiary alicyclic amines) is 1. The van der Waals surface area contributed by atoms with Crippen molar-refractivity contribution in [2.45, 2.75) is 31.7 Å². The molecule has 0 saturated carbocycles. The fraction of sp³-hybridized carbons (Fsp3) is 0.444. The van der Waals surface area contributed by atoms with Crippen LogP contribution in [0.5, 0.6) is 0 Å². The maximum atomic E-state index is 12.9. The minimum absolute atomic E-state index is 0. The SMILES string of the molecule is Cl.Cl.NCCC(=O)NCC1CCCCN1C(=O)c1cc(-c2cccnc2)on1. The number of halogens is 2. The Morgan fingerprint density at radius 1 is 1.32 bits per heavy atom. The van der Waals surface area contributed by atoms with Gasteiger partial charge in [-0.25, -0.2) is 0 Å². The normalized spacial score (nSPS) is 15.9. The summed E-state index contributed by atoms with van der Waals surface area (Å²) in [6.07, 6.45) is 6.43. The Hall–Kier alpha value is -2.16. The van der Waals surface area contributed by atoms with E-state index in [0.29, 0.717) is 31.8 Å². The van der Waals surface area contributed by atoms with Crippen molar-refractivity contribution in [1.29, 1.82) is 0 Å². The summed E-state index contributed by atoms with van der Waals surface area (Å²) in [5, 5.41) is 6.78. The van der Waals surface area contributed by atoms with Gasteiger partial charge in [0.15, 0.2) is 11.5 Å². The topological polar surface area (TPSA) is 114 Å². The van der Waals surface area contributed by atoms with Gasteiger partial charge in [0.05, 0.1) is 0 Å². The molecule has 0 spiro atoms. The molecule has 2 aromatic heterocycles. The molecule has 1 unspecified atom stereocenters. The molecule has 1 atom stereocenters. The van der Waals surface area contributed by atoms with Crippen molar-refractivity contribution in [2.75, 3.05) is 19.6 Å². The van der Waals surface area contributed by atoms with Crippen LogP contribution in [0.3, 0.4) is 0 Å². The van der Waals surface area contributed by atoms with Gasteiger partial charge in [-0.1, -0.05) is 5.16 Å². The van der Waals surface area contributed by atoms with Gasteiger partial charge in [0.1, 0.15) is 0 Å². The Kier molecular flexibility index (Phi) is 9.92. The van der Waals surface area contributed by atoms with E-state index in [1.54, 1.807) is 29.4 Å². The molecular formula is C18H25Cl2N5O3. The zero-order valence-electron chi connectivity index (χ0n) is 15.4. The zero-order chi connectivity index (χ0) is 18.4. The second-order valence-corrected chi connectivity index (χ2v) is 6.31. The second-order valence-electron chi connectivity index (χ2n) is 6.31. The molecule has 1 saturated heterocycles. The van der Waals surface area contributed by atoms with Crippen molar-refractivity contribution in [1.82, 2.24) is 20.4 Å². The molecule has 0 aromatic carbocycles. The summed E-state index contributed by atoms with van der Waals surface area (Å²) in [5.74, 6) is 0.235. The van der Waals surface area contributed by atoms with Crippen molar-refractivity contribution < 1.29 is 14.1 Å². The number of pyridine rings is 1. The monoisotopic (exact) mass is 429 g/mol. The molecule has 0 radical (unpaired) electrons. The van der Waals surface area contributed by atoms with Crippen LogP contribution < -0.4 is 11.1 Å². The van der Waals surface area contributed by atoms with Crippen LogP contribution in [0.15, 0.2) is 35.1 Å². The highest BCUT2D eigenvalue weighted by atomic mass is 35.5. The lowest BCUT2D eigenvalue weighted by molar-refractivity contribution is -0.121. The van der Waals surface area contributed by atoms with E-state index in [1.165, 1.54) is 0 Å². The van der Waals surface area contributed by atoms with Crippen LogP contribution in [0, 0.1) is 0 Å². The number of aromatic nitrogens is 2. The molecule has 1 aliphatic rings. The molecule has 1 aliphatic heterocycles. The van der Waals surface area contributed by atoms with E-state index in [4.69, 9.17) is 10.3 Å². The van der Waals surface area contributed by atoms with Gasteiger partial charge >= 0.3 is 0 Å². The van der Waals surface area contributed by atoms with E-state index in [1.807, 2.05) is 6.07 Å². The van der Waals surface area contributed by atoms with Crippen LogP contribution in [-0.4, -0.2) is 52.5 Å². The molecule has 3 rings (SSSR count). The number of rotatable bonds is 6. The number of nitrogens with two attached hydrogens (primary N) is 1. The fourth-order valence-corrected chi connectivity index (χ4v) is 3.10. The van der Waals surface area contributed by atoms with Crippen molar-refractivity contribution in [3.63, 3.8) is 0 Å². The quantitative estimate of drug-likeness (QED) is 0.725. The Morgan fingerprint density at radius 3 is 2.86 bits per heavy atom. The van der Waals surface area contributed by atoms with Crippen LogP contribution in [0.2, 0.25) is 0 Å². The van der Waals surface area contributed by atoms with Gasteiger partial charge < -0.3 is 20.5 Å². The lowest BCUT2D eigenvalue weighted by Crippen LogP contribution is -2.49. The first-order valence-corrected chi connectivity index (χ1v) is 8.84. The number of hydrogen-bond acceptors (Lipinski definition) is 6. The predicted octanol–water partition coefficient (Wildman–Crippen LogP) is 2.04. The number of carbonyl (C=O) groups excluding carboxylic acids is 2. The zero-order valence-corrected chi connectivity index (χ0v) is 17.0. The molecule has 2 aromatic rings. The summed E-state index contributed by atoms with van der Waals surface area (Å²) in [4.78, 5) is 30.4. The predicted molar refractivity (Wildman–Crippen MR) is 110 cm³/mol. The maximum Gasteiger partial charge on any atom is 0.276 e. The molecule has 0 bridgehead atoms. The van der Waals surface area contributed by atoms with Crippen LogP contribution in [-0.2, 0) is 4.79 Å². The van der Waals surface area contributed by atoms with Gasteiger partial charge in [-0.3, -0.25) is 14.6 Å². The van der Waals surface area contributed by atoms with Crippen molar-refractivity contribution >= 4 is 36.6 Å². The van der Waals surface area contributed by atoms with E-state index in [-0.39, 0.29) is 48.4 Å². The number of piperidine rings is 1. The third-order valence-corrected chi connectivity index (χ3v) is 4.47. The highest BCUT2D eigenvalue weighted by molar-refractivity contribution is 5.93. The largest absolute Gasteiger partial charge is 0.355 e. The van der Waals surface area contributed by atoms with Gasteiger partial charge in [0.2, 0.25) is 5.91 Å². The summed E-state index contributed by atoms with van der Waals surface area (Å²) in [6.45, 7) is 1.39. The Bertz CT molecular complexity index is 757. The first-order valence-electron chi connectivity index (χ1n) is 8.84. The standard InChI is InChI=1S/C18H23N5O3.2ClH/c19-7-6-17(24)21-12-14-5-1-2-9-23(14)18(25)15-10-16(26-22-15)13-4-3-8-20-11-13;;/h3-4,8,10-11,14H,1-2,5-7,9,12,19H2,(H,21,24);2*1H. The van der Waals surface area contributed by atoms with Crippen LogP contribution in [0.1, 0.15) is 36.2 Å². The van der Waals surface area contributed by atoms with Crippen molar-refractivity contribution in [2.24, 2.45) is 5.73 Å². The van der Waals surface area contributed by atoms with Crippen molar-refractivity contribution in [3.8, 4) is 11.3 Å². The lowest BCUT2D eigenvalue weighted by Gasteiger charge is -2.35. The van der Waals surface area contributed by atoms with Crippen molar-refractivity contribution in [3.05, 3.63) is 36.3 Å². The molecule has 154 valence electrons. The fourth-order valence-electron chi connectivity index (χ4n) is 3.10. The van der Waals surface area contributed by atoms with E-state index < -0.39 is 0 Å². The maximum absolute atomic E-state index is 12.9. The summed E-state index contributed by atoms with van der Waals surface area (Å²) in [5.41, 5.74) is 6.43. The summed E-state index contributed by atoms with van der Waals surface area (Å²) in [7, 11) is 0. The third kappa shape index (κ3) is 5.92. The number of carbonyl (C=O) groups is 2. The average Bonchev–Trinajstić information content (AvgIpc) is 3.17. The van der Waals surface area contributed by atoms with Gasteiger partial charge in [-0.15, -0.1) is 24.8 Å². The lowest BCUT2D eigenvalue weighted by atomic mass is 10.0. The van der Waals surface area contributed by atoms with E-state index in [2.05, 4.69) is 15.5 Å². The third-order valence-electron chi connectivity index (χ3n) is 4.47. The Labute approximate surface area is 176 Å². The molecular weight excluding hydrogens is 405 g/mol. The minimum atomic E-state index is -0.179. The first-order chi connectivity index (χ1) is 12.7.